The summed E-state index contributed by atoms with van der Waals surface area (Å²) in [6, 6.07) is 27.6. The SMILES string of the molecule is CCOC(=O)C(C(SC(c1ccccc1)C(O)c1ccc(-c2ccccc2)cc1)C(C)C)P(=O)(OCC)OCC. The molecule has 0 radical (unpaired) electrons. The van der Waals surface area contributed by atoms with Crippen molar-refractivity contribution in [1.29, 1.82) is 0 Å². The second-order valence-corrected chi connectivity index (χ2v) is 13.2. The van der Waals surface area contributed by atoms with Crippen LogP contribution in [0.4, 0.5) is 0 Å². The summed E-state index contributed by atoms with van der Waals surface area (Å²) in [4.78, 5) is 13.4. The van der Waals surface area contributed by atoms with Crippen molar-refractivity contribution in [2.75, 3.05) is 19.8 Å². The first-order valence-electron chi connectivity index (χ1n) is 13.8. The molecule has 0 aliphatic rings. The standard InChI is InChI=1S/C32H41O6PS/c1-6-36-32(34)29(39(35,37-7-2)38-8-3)30(23(4)5)40-31(27-17-13-10-14-18-27)28(33)26-21-19-25(20-22-26)24-15-11-9-12-16-24/h9-23,28-31,33H,6-8H2,1-5H3. The van der Waals surface area contributed by atoms with E-state index in [2.05, 4.69) is 0 Å². The van der Waals surface area contributed by atoms with E-state index in [-0.39, 0.29) is 25.7 Å². The highest BCUT2D eigenvalue weighted by atomic mass is 32.2. The van der Waals surface area contributed by atoms with Gasteiger partial charge in [0.1, 0.15) is 0 Å². The van der Waals surface area contributed by atoms with Crippen LogP contribution in [0.25, 0.3) is 11.1 Å². The highest BCUT2D eigenvalue weighted by molar-refractivity contribution is 8.00. The summed E-state index contributed by atoms with van der Waals surface area (Å²) < 4.78 is 30.8. The molecule has 3 rings (SSSR count). The predicted molar refractivity (Wildman–Crippen MR) is 164 cm³/mol. The van der Waals surface area contributed by atoms with Crippen molar-refractivity contribution in [1.82, 2.24) is 0 Å². The van der Waals surface area contributed by atoms with E-state index in [9.17, 15) is 14.5 Å². The van der Waals surface area contributed by atoms with Crippen LogP contribution in [-0.4, -0.2) is 41.8 Å². The van der Waals surface area contributed by atoms with E-state index < -0.39 is 35.8 Å². The number of ether oxygens (including phenoxy) is 1. The van der Waals surface area contributed by atoms with Crippen molar-refractivity contribution < 1.29 is 28.3 Å². The first-order chi connectivity index (χ1) is 19.3. The number of rotatable bonds is 15. The van der Waals surface area contributed by atoms with Crippen molar-refractivity contribution in [3.05, 3.63) is 96.1 Å². The topological polar surface area (TPSA) is 82.1 Å². The van der Waals surface area contributed by atoms with Crippen LogP contribution in [0.5, 0.6) is 0 Å². The molecule has 0 aromatic heterocycles. The van der Waals surface area contributed by atoms with Crippen molar-refractivity contribution in [3.63, 3.8) is 0 Å². The van der Waals surface area contributed by atoms with Crippen LogP contribution in [0.3, 0.4) is 0 Å². The number of esters is 1. The molecule has 216 valence electrons. The first-order valence-corrected chi connectivity index (χ1v) is 16.4. The molecule has 3 aromatic carbocycles. The fraction of sp³-hybridized carbons (Fsp3) is 0.406. The third kappa shape index (κ3) is 8.08. The van der Waals surface area contributed by atoms with Gasteiger partial charge in [-0.15, -0.1) is 11.8 Å². The molecule has 40 heavy (non-hydrogen) atoms. The predicted octanol–water partition coefficient (Wildman–Crippen LogP) is 8.08. The number of aliphatic hydroxyl groups is 1. The van der Waals surface area contributed by atoms with Crippen LogP contribution in [0.15, 0.2) is 84.9 Å². The zero-order valence-electron chi connectivity index (χ0n) is 23.9. The van der Waals surface area contributed by atoms with E-state index in [1.54, 1.807) is 20.8 Å². The second kappa shape index (κ2) is 15.6. The van der Waals surface area contributed by atoms with Crippen molar-refractivity contribution in [2.24, 2.45) is 5.92 Å². The van der Waals surface area contributed by atoms with Gasteiger partial charge in [-0.2, -0.15) is 0 Å². The largest absolute Gasteiger partial charge is 0.465 e. The fourth-order valence-electron chi connectivity index (χ4n) is 4.65. The van der Waals surface area contributed by atoms with Gasteiger partial charge in [-0.3, -0.25) is 9.36 Å². The Morgan fingerprint density at radius 1 is 0.775 bits per heavy atom. The molecule has 0 spiro atoms. The second-order valence-electron chi connectivity index (χ2n) is 9.68. The maximum Gasteiger partial charge on any atom is 0.346 e. The third-order valence-electron chi connectivity index (χ3n) is 6.53. The average Bonchev–Trinajstić information content (AvgIpc) is 2.96. The number of benzene rings is 3. The Balaban J connectivity index is 2.04. The number of thioether (sulfide) groups is 1. The van der Waals surface area contributed by atoms with Crippen LogP contribution in [0, 0.1) is 5.92 Å². The number of carbonyl (C=O) groups is 1. The minimum atomic E-state index is -3.89. The molecule has 0 fully saturated rings. The minimum absolute atomic E-state index is 0.118. The zero-order valence-corrected chi connectivity index (χ0v) is 25.6. The Hall–Kier alpha value is -2.41. The van der Waals surface area contributed by atoms with E-state index >= 15 is 0 Å². The number of aliphatic hydroxyl groups excluding tert-OH is 1. The monoisotopic (exact) mass is 584 g/mol. The van der Waals surface area contributed by atoms with E-state index in [0.717, 1.165) is 22.3 Å². The summed E-state index contributed by atoms with van der Waals surface area (Å²) in [6.07, 6.45) is -0.903. The minimum Gasteiger partial charge on any atom is -0.465 e. The normalized spacial score (nSPS) is 14.9. The molecule has 4 atom stereocenters. The number of hydrogen-bond acceptors (Lipinski definition) is 7. The summed E-state index contributed by atoms with van der Waals surface area (Å²) in [5.74, 6) is -0.736. The maximum absolute atomic E-state index is 14.1. The molecule has 0 saturated carbocycles. The number of carbonyl (C=O) groups excluding carboxylic acids is 1. The van der Waals surface area contributed by atoms with Crippen LogP contribution in [-0.2, 0) is 23.1 Å². The molecule has 0 aliphatic carbocycles. The Kier molecular flexibility index (Phi) is 12.5. The van der Waals surface area contributed by atoms with Gasteiger partial charge in [-0.25, -0.2) is 0 Å². The molecule has 0 aliphatic heterocycles. The van der Waals surface area contributed by atoms with Gasteiger partial charge in [0.2, 0.25) is 0 Å². The average molecular weight is 585 g/mol. The first kappa shape index (κ1) is 32.1. The van der Waals surface area contributed by atoms with Gasteiger partial charge >= 0.3 is 13.6 Å². The highest BCUT2D eigenvalue weighted by Gasteiger charge is 2.50. The Morgan fingerprint density at radius 3 is 1.80 bits per heavy atom. The zero-order chi connectivity index (χ0) is 29.1. The lowest BCUT2D eigenvalue weighted by molar-refractivity contribution is -0.143. The quantitative estimate of drug-likeness (QED) is 0.143. The van der Waals surface area contributed by atoms with Gasteiger partial charge in [0, 0.05) is 5.25 Å². The van der Waals surface area contributed by atoms with E-state index in [0.29, 0.717) is 0 Å². The summed E-state index contributed by atoms with van der Waals surface area (Å²) in [5, 5.41) is 10.8. The molecule has 0 amide bonds. The van der Waals surface area contributed by atoms with E-state index in [1.165, 1.54) is 11.8 Å². The summed E-state index contributed by atoms with van der Waals surface area (Å²) in [7, 11) is -3.89. The molecule has 8 heteroatoms. The van der Waals surface area contributed by atoms with Gasteiger partial charge in [0.25, 0.3) is 0 Å². The van der Waals surface area contributed by atoms with Crippen LogP contribution in [0.1, 0.15) is 57.1 Å². The Morgan fingerprint density at radius 2 is 1.30 bits per heavy atom. The molecule has 1 N–H and O–H groups in total. The lowest BCUT2D eigenvalue weighted by Crippen LogP contribution is -2.39. The molecule has 0 heterocycles. The van der Waals surface area contributed by atoms with Gasteiger partial charge < -0.3 is 18.9 Å². The van der Waals surface area contributed by atoms with E-state index in [1.807, 2.05) is 98.8 Å². The lowest BCUT2D eigenvalue weighted by Gasteiger charge is -2.36. The van der Waals surface area contributed by atoms with Crippen molar-refractivity contribution >= 4 is 25.3 Å². The highest BCUT2D eigenvalue weighted by Crippen LogP contribution is 2.59. The van der Waals surface area contributed by atoms with Crippen LogP contribution < -0.4 is 0 Å². The summed E-state index contributed by atoms with van der Waals surface area (Å²) >= 11 is 1.41. The summed E-state index contributed by atoms with van der Waals surface area (Å²) in [6.45, 7) is 9.49. The molecular weight excluding hydrogens is 543 g/mol. The molecule has 0 saturated heterocycles. The number of hydrogen-bond donors (Lipinski definition) is 1. The molecular formula is C32H41O6PS. The van der Waals surface area contributed by atoms with Crippen molar-refractivity contribution in [2.45, 2.75) is 56.9 Å². The molecule has 6 nitrogen and oxygen atoms in total. The lowest BCUT2D eigenvalue weighted by atomic mass is 9.98. The van der Waals surface area contributed by atoms with Crippen LogP contribution in [0.2, 0.25) is 0 Å². The smallest absolute Gasteiger partial charge is 0.346 e. The van der Waals surface area contributed by atoms with Gasteiger partial charge in [-0.1, -0.05) is 98.8 Å². The molecule has 3 aromatic rings. The third-order valence-corrected chi connectivity index (χ3v) is 11.1. The molecule has 0 bridgehead atoms. The van der Waals surface area contributed by atoms with Crippen LogP contribution >= 0.6 is 19.4 Å². The Labute approximate surface area is 243 Å². The van der Waals surface area contributed by atoms with Crippen molar-refractivity contribution in [3.8, 4) is 11.1 Å². The van der Waals surface area contributed by atoms with Gasteiger partial charge in [0.05, 0.1) is 31.2 Å². The Bertz CT molecular complexity index is 1210. The maximum atomic E-state index is 14.1. The van der Waals surface area contributed by atoms with Gasteiger partial charge in [0.15, 0.2) is 5.66 Å². The van der Waals surface area contributed by atoms with Gasteiger partial charge in [-0.05, 0) is 48.9 Å². The van der Waals surface area contributed by atoms with E-state index in [4.69, 9.17) is 13.8 Å². The summed E-state index contributed by atoms with van der Waals surface area (Å²) in [5.41, 5.74) is 2.63. The fourth-order valence-corrected chi connectivity index (χ4v) is 8.99. The molecule has 4 unspecified atom stereocenters.